The Kier molecular flexibility index (Phi) is 17.6. The maximum Gasteiger partial charge on any atom is 0.0570 e. The van der Waals surface area contributed by atoms with Crippen LogP contribution in [0.3, 0.4) is 0 Å². The third-order valence-corrected chi connectivity index (χ3v) is 21.7. The van der Waals surface area contributed by atoms with Crippen molar-refractivity contribution in [3.05, 3.63) is 361 Å². The minimum absolute atomic E-state index is 0.792. The first kappa shape index (κ1) is 63.3. The lowest BCUT2D eigenvalue weighted by molar-refractivity contribution is 0.446. The van der Waals surface area contributed by atoms with Crippen LogP contribution in [-0.2, 0) is 0 Å². The van der Waals surface area contributed by atoms with Crippen LogP contribution in [0.5, 0.6) is 0 Å². The summed E-state index contributed by atoms with van der Waals surface area (Å²) in [5.74, 6) is 0.792. The average molecular weight is 1310 g/mol. The number of fused-ring (bicyclic) bond motifs is 15. The number of aromatic nitrogens is 4. The molecule has 20 rings (SSSR count). The lowest BCUT2D eigenvalue weighted by Crippen LogP contribution is -2.04. The van der Waals surface area contributed by atoms with Crippen molar-refractivity contribution in [2.24, 2.45) is 0 Å². The summed E-state index contributed by atoms with van der Waals surface area (Å²) >= 11 is 2.01. The van der Waals surface area contributed by atoms with Gasteiger partial charge in [-0.3, -0.25) is 0 Å². The largest absolute Gasteiger partial charge is 0.309 e. The molecule has 5 aromatic heterocycles. The van der Waals surface area contributed by atoms with E-state index in [1.807, 2.05) is 11.3 Å². The zero-order valence-electron chi connectivity index (χ0n) is 57.5. The molecule has 486 valence electrons. The number of hydrogen-bond acceptors (Lipinski definition) is 1. The molecule has 0 atom stereocenters. The Bertz CT molecular complexity index is 6050. The number of rotatable bonds is 5. The number of para-hydroxylation sites is 9. The van der Waals surface area contributed by atoms with Crippen molar-refractivity contribution in [3.63, 3.8) is 0 Å². The quantitative estimate of drug-likeness (QED) is 0.164. The second kappa shape index (κ2) is 27.8. The highest BCUT2D eigenvalue weighted by Crippen LogP contribution is 2.44. The predicted octanol–water partition coefficient (Wildman–Crippen LogP) is 26.8. The summed E-state index contributed by atoms with van der Waals surface area (Å²) in [4.78, 5) is 0. The van der Waals surface area contributed by atoms with Gasteiger partial charge in [0.05, 0.1) is 44.1 Å². The molecule has 14 aromatic carbocycles. The van der Waals surface area contributed by atoms with Crippen LogP contribution >= 0.6 is 11.3 Å². The van der Waals surface area contributed by atoms with Crippen LogP contribution in [0.15, 0.2) is 328 Å². The van der Waals surface area contributed by atoms with E-state index in [1.165, 1.54) is 185 Å². The van der Waals surface area contributed by atoms with E-state index in [0.717, 1.165) is 5.92 Å². The molecule has 0 bridgehead atoms. The summed E-state index contributed by atoms with van der Waals surface area (Å²) < 4.78 is 12.4. The molecule has 0 aliphatic heterocycles. The Balaban J connectivity index is 0.0000000972. The minimum Gasteiger partial charge on any atom is -0.309 e. The standard InChI is InChI=1S/4C19H15N.C19H20S/c1-14-8-7-12-17-16-11-5-6-13-18(16)20(19(14)17)15-9-3-2-4-10-15;1-14-8-7-13-18-19(14)16-11-5-6-12-17(16)20(18)15-9-3-2-4-10-15;1-14-11-12-19-17(13-14)16-9-5-6-10-18(16)20(19)15-7-3-2-4-8-15;1-14-11-12-17-16-9-5-6-10-18(16)20(19(17)13-14)15-7-3-2-4-8-15;1-13-7-5-11-16-17-12-6-10-15(19(17)20-18(13)16)14-8-3-2-4-9-14/h4*2-13H,1H3;5-7,10-12,14H,2-4,8-9H2,1H3. The van der Waals surface area contributed by atoms with Crippen LogP contribution in [0, 0.1) is 34.6 Å². The lowest BCUT2D eigenvalue weighted by Gasteiger charge is -2.22. The SMILES string of the molecule is Cc1ccc2c(c1)c1ccccc1n2-c1ccccc1.Cc1ccc2c3ccccc3n(-c3ccccc3)c2c1.Cc1cccc2c1c1ccccc1n2-c1ccccc1.Cc1cccc2c1sc1c(C3CCCCC3)cccc12.Cc1cccc2c3ccccc3n(-c3ccccc3)c12. The first-order valence-corrected chi connectivity index (χ1v) is 36.2. The minimum atomic E-state index is 0.792. The van der Waals surface area contributed by atoms with Crippen molar-refractivity contribution in [2.45, 2.75) is 72.6 Å². The van der Waals surface area contributed by atoms with Crippen LogP contribution < -0.4 is 0 Å². The van der Waals surface area contributed by atoms with Gasteiger partial charge in [-0.25, -0.2) is 0 Å². The summed E-state index contributed by atoms with van der Waals surface area (Å²) in [6.45, 7) is 10.9. The molecule has 1 fully saturated rings. The molecule has 100 heavy (non-hydrogen) atoms. The first-order valence-electron chi connectivity index (χ1n) is 35.4. The number of thiophene rings is 1. The number of benzene rings is 14. The molecule has 0 spiro atoms. The highest BCUT2D eigenvalue weighted by Gasteiger charge is 2.21. The van der Waals surface area contributed by atoms with Gasteiger partial charge in [0.15, 0.2) is 0 Å². The second-order valence-electron chi connectivity index (χ2n) is 26.8. The monoisotopic (exact) mass is 1310 g/mol. The molecule has 0 N–H and O–H groups in total. The zero-order chi connectivity index (χ0) is 67.6. The first-order chi connectivity index (χ1) is 49.3. The van der Waals surface area contributed by atoms with E-state index in [9.17, 15) is 0 Å². The van der Waals surface area contributed by atoms with Gasteiger partial charge in [0.1, 0.15) is 0 Å². The van der Waals surface area contributed by atoms with Crippen molar-refractivity contribution in [3.8, 4) is 22.7 Å². The Morgan fingerprint density at radius 1 is 0.250 bits per heavy atom. The molecule has 5 heterocycles. The molecule has 5 heteroatoms. The number of nitrogens with zero attached hydrogens (tertiary/aromatic N) is 4. The summed E-state index contributed by atoms with van der Waals surface area (Å²) in [6.07, 6.45) is 7.01. The van der Waals surface area contributed by atoms with E-state index in [1.54, 1.807) is 10.3 Å². The molecule has 0 amide bonds. The van der Waals surface area contributed by atoms with Gasteiger partial charge in [-0.05, 0) is 178 Å². The molecule has 19 aromatic rings. The lowest BCUT2D eigenvalue weighted by atomic mass is 9.84. The molecule has 4 nitrogen and oxygen atoms in total. The van der Waals surface area contributed by atoms with E-state index in [4.69, 9.17) is 0 Å². The Morgan fingerprint density at radius 2 is 0.630 bits per heavy atom. The molecular formula is C95H80N4S. The molecule has 1 aliphatic rings. The fourth-order valence-electron chi connectivity index (χ4n) is 15.7. The van der Waals surface area contributed by atoms with Gasteiger partial charge in [-0.1, -0.05) is 255 Å². The molecule has 1 saturated carbocycles. The van der Waals surface area contributed by atoms with E-state index in [0.29, 0.717) is 0 Å². The topological polar surface area (TPSA) is 19.7 Å². The average Bonchev–Trinajstić information content (AvgIpc) is 1.63. The van der Waals surface area contributed by atoms with Gasteiger partial charge < -0.3 is 18.3 Å². The summed E-state index contributed by atoms with van der Waals surface area (Å²) in [5.41, 5.74) is 23.3. The van der Waals surface area contributed by atoms with Gasteiger partial charge in [-0.15, -0.1) is 11.3 Å². The fraction of sp³-hybridized carbons (Fsp3) is 0.116. The van der Waals surface area contributed by atoms with Crippen molar-refractivity contribution < 1.29 is 0 Å². The van der Waals surface area contributed by atoms with Crippen LogP contribution in [0.4, 0.5) is 0 Å². The van der Waals surface area contributed by atoms with Crippen molar-refractivity contribution in [1.29, 1.82) is 0 Å². The molecule has 0 unspecified atom stereocenters. The normalized spacial score (nSPS) is 12.4. The second-order valence-corrected chi connectivity index (χ2v) is 27.9. The van der Waals surface area contributed by atoms with E-state index < -0.39 is 0 Å². The summed E-state index contributed by atoms with van der Waals surface area (Å²) in [6, 6.07) is 117. The van der Waals surface area contributed by atoms with E-state index >= 15 is 0 Å². The van der Waals surface area contributed by atoms with Gasteiger partial charge in [0.25, 0.3) is 0 Å². The summed E-state index contributed by atoms with van der Waals surface area (Å²) in [5, 5.41) is 13.5. The smallest absolute Gasteiger partial charge is 0.0570 e. The third kappa shape index (κ3) is 11.9. The van der Waals surface area contributed by atoms with E-state index in [-0.39, 0.29) is 0 Å². The fourth-order valence-corrected chi connectivity index (χ4v) is 17.0. The van der Waals surface area contributed by atoms with Crippen molar-refractivity contribution in [1.82, 2.24) is 18.3 Å². The van der Waals surface area contributed by atoms with Gasteiger partial charge >= 0.3 is 0 Å². The Morgan fingerprint density at radius 3 is 1.23 bits per heavy atom. The van der Waals surface area contributed by atoms with Crippen LogP contribution in [-0.4, -0.2) is 18.3 Å². The summed E-state index contributed by atoms with van der Waals surface area (Å²) in [7, 11) is 0. The predicted molar refractivity (Wildman–Crippen MR) is 432 cm³/mol. The van der Waals surface area contributed by atoms with Crippen LogP contribution in [0.1, 0.15) is 71.4 Å². The van der Waals surface area contributed by atoms with Crippen molar-refractivity contribution >= 4 is 119 Å². The Hall–Kier alpha value is -11.5. The van der Waals surface area contributed by atoms with Crippen LogP contribution in [0.25, 0.3) is 130 Å². The number of aryl methyl sites for hydroxylation is 5. The third-order valence-electron chi connectivity index (χ3n) is 20.3. The van der Waals surface area contributed by atoms with E-state index in [2.05, 4.69) is 380 Å². The molecule has 0 radical (unpaired) electrons. The maximum absolute atomic E-state index is 2.38. The zero-order valence-corrected chi connectivity index (χ0v) is 58.3. The van der Waals surface area contributed by atoms with Crippen molar-refractivity contribution in [2.75, 3.05) is 0 Å². The highest BCUT2D eigenvalue weighted by molar-refractivity contribution is 7.26. The molecule has 1 aliphatic carbocycles. The molecular weight excluding hydrogens is 1230 g/mol. The number of hydrogen-bond donors (Lipinski definition) is 0. The Labute approximate surface area is 589 Å². The van der Waals surface area contributed by atoms with Crippen LogP contribution in [0.2, 0.25) is 0 Å². The maximum atomic E-state index is 2.38. The van der Waals surface area contributed by atoms with Gasteiger partial charge in [0, 0.05) is 86.0 Å². The van der Waals surface area contributed by atoms with Gasteiger partial charge in [0.2, 0.25) is 0 Å². The van der Waals surface area contributed by atoms with Gasteiger partial charge in [-0.2, -0.15) is 0 Å². The highest BCUT2D eigenvalue weighted by atomic mass is 32.1. The molecule has 0 saturated heterocycles.